The van der Waals surface area contributed by atoms with E-state index in [0.717, 1.165) is 12.8 Å². The fourth-order valence-electron chi connectivity index (χ4n) is 1.91. The molecular formula is C12H27BO2PSi. The Bertz CT molecular complexity index is 255. The van der Waals surface area contributed by atoms with Gasteiger partial charge in [-0.1, -0.05) is 27.7 Å². The van der Waals surface area contributed by atoms with Gasteiger partial charge in [0.15, 0.2) is 15.3 Å². The largest absolute Gasteiger partial charge is 0.411 e. The van der Waals surface area contributed by atoms with Gasteiger partial charge in [-0.2, -0.15) is 9.12 Å². The maximum atomic E-state index is 6.48. The molecule has 0 aromatic rings. The van der Waals surface area contributed by atoms with Crippen LogP contribution in [0, 0.1) is 0 Å². The summed E-state index contributed by atoms with van der Waals surface area (Å²) in [6, 6.07) is 0.250. The van der Waals surface area contributed by atoms with Gasteiger partial charge >= 0.3 is 0 Å². The van der Waals surface area contributed by atoms with Crippen LogP contribution >= 0.6 is 9.12 Å². The summed E-state index contributed by atoms with van der Waals surface area (Å²) in [7, 11) is 0.987. The molecule has 4 atom stereocenters. The zero-order valence-corrected chi connectivity index (χ0v) is 14.3. The third kappa shape index (κ3) is 3.79. The van der Waals surface area contributed by atoms with Gasteiger partial charge in [0, 0.05) is 6.00 Å². The van der Waals surface area contributed by atoms with E-state index in [1.807, 2.05) is 0 Å². The second-order valence-corrected chi connectivity index (χ2v) is 11.6. The summed E-state index contributed by atoms with van der Waals surface area (Å²) in [6.45, 7) is 15.7. The topological polar surface area (TPSA) is 18.5 Å². The van der Waals surface area contributed by atoms with Gasteiger partial charge < -0.3 is 9.16 Å². The van der Waals surface area contributed by atoms with E-state index in [4.69, 9.17) is 9.16 Å². The van der Waals surface area contributed by atoms with Gasteiger partial charge in [-0.3, -0.25) is 0 Å². The monoisotopic (exact) mass is 273 g/mol. The van der Waals surface area contributed by atoms with Crippen molar-refractivity contribution in [3.8, 4) is 0 Å². The molecule has 0 spiro atoms. The van der Waals surface area contributed by atoms with E-state index in [2.05, 4.69) is 56.9 Å². The van der Waals surface area contributed by atoms with Crippen LogP contribution in [0.1, 0.15) is 40.5 Å². The van der Waals surface area contributed by atoms with Crippen molar-refractivity contribution in [3.05, 3.63) is 0 Å². The minimum atomic E-state index is -1.67. The highest BCUT2D eigenvalue weighted by molar-refractivity contribution is 7.55. The van der Waals surface area contributed by atoms with Crippen LogP contribution in [-0.2, 0) is 9.16 Å². The highest BCUT2D eigenvalue weighted by Gasteiger charge is 2.43. The van der Waals surface area contributed by atoms with E-state index in [1.165, 1.54) is 0 Å². The molecule has 0 bridgehead atoms. The third-order valence-corrected chi connectivity index (χ3v) is 9.03. The molecule has 5 heteroatoms. The maximum Gasteiger partial charge on any atom is 0.192 e. The van der Waals surface area contributed by atoms with Crippen molar-refractivity contribution in [1.29, 1.82) is 0 Å². The highest BCUT2D eigenvalue weighted by atomic mass is 31.0. The van der Waals surface area contributed by atoms with Crippen LogP contribution in [0.15, 0.2) is 0 Å². The van der Waals surface area contributed by atoms with Gasteiger partial charge in [0.1, 0.15) is 0 Å². The van der Waals surface area contributed by atoms with Crippen molar-refractivity contribution < 1.29 is 9.16 Å². The first-order valence-corrected chi connectivity index (χ1v) is 10.2. The molecule has 99 valence electrons. The van der Waals surface area contributed by atoms with Crippen LogP contribution in [0.3, 0.4) is 0 Å². The molecule has 0 aromatic heterocycles. The standard InChI is InChI=1S/C12H27BO2PSi/c1-7-9-10(8-11(13-16)14-9)15-17(5,6)12(2,3)4/h9-11H,7-8,16H2,1-6H3/t9-,10?,11-/m1/s1. The zero-order valence-electron chi connectivity index (χ0n) is 12.1. The predicted octanol–water partition coefficient (Wildman–Crippen LogP) is 3.40. The van der Waals surface area contributed by atoms with Gasteiger partial charge in [-0.25, -0.2) is 0 Å². The Labute approximate surface area is 111 Å². The molecule has 0 N–H and O–H groups in total. The van der Waals surface area contributed by atoms with Gasteiger partial charge in [-0.05, 0) is 31.0 Å². The van der Waals surface area contributed by atoms with Gasteiger partial charge in [0.2, 0.25) is 0 Å². The summed E-state index contributed by atoms with van der Waals surface area (Å²) < 4.78 is 12.4. The third-order valence-electron chi connectivity index (χ3n) is 4.10. The Morgan fingerprint density at radius 2 is 2.00 bits per heavy atom. The molecule has 2 unspecified atom stereocenters. The van der Waals surface area contributed by atoms with Crippen molar-refractivity contribution in [2.24, 2.45) is 0 Å². The average molecular weight is 273 g/mol. The average Bonchev–Trinajstić information content (AvgIpc) is 2.58. The van der Waals surface area contributed by atoms with Crippen molar-refractivity contribution >= 4 is 24.4 Å². The van der Waals surface area contributed by atoms with Crippen molar-refractivity contribution in [2.75, 3.05) is 0 Å². The molecule has 0 aliphatic carbocycles. The van der Waals surface area contributed by atoms with E-state index < -0.39 is 8.32 Å². The molecule has 1 saturated heterocycles. The van der Waals surface area contributed by atoms with Crippen LogP contribution in [-0.4, -0.2) is 33.5 Å². The first-order valence-electron chi connectivity index (χ1n) is 6.59. The van der Waals surface area contributed by atoms with E-state index in [-0.39, 0.29) is 23.2 Å². The Hall–Kier alpha value is 0.632. The minimum absolute atomic E-state index is 0.250. The second-order valence-electron chi connectivity index (χ2n) is 6.47. The Morgan fingerprint density at radius 1 is 1.41 bits per heavy atom. The van der Waals surface area contributed by atoms with Crippen molar-refractivity contribution in [1.82, 2.24) is 0 Å². The highest BCUT2D eigenvalue weighted by Crippen LogP contribution is 2.39. The molecular weight excluding hydrogens is 246 g/mol. The second kappa shape index (κ2) is 5.73. The molecule has 2 nitrogen and oxygen atoms in total. The number of hydrogen-bond donors (Lipinski definition) is 0. The predicted molar refractivity (Wildman–Crippen MR) is 81.1 cm³/mol. The van der Waals surface area contributed by atoms with Crippen LogP contribution in [0.5, 0.6) is 0 Å². The molecule has 1 radical (unpaired) electrons. The lowest BCUT2D eigenvalue weighted by atomic mass is 9.94. The first kappa shape index (κ1) is 15.7. The normalized spacial score (nSPS) is 30.6. The quantitative estimate of drug-likeness (QED) is 0.577. The van der Waals surface area contributed by atoms with Crippen LogP contribution in [0.2, 0.25) is 18.1 Å². The molecule has 17 heavy (non-hydrogen) atoms. The van der Waals surface area contributed by atoms with Crippen LogP contribution < -0.4 is 0 Å². The van der Waals surface area contributed by atoms with Gasteiger partial charge in [0.25, 0.3) is 0 Å². The Kier molecular flexibility index (Phi) is 5.29. The minimum Gasteiger partial charge on any atom is -0.411 e. The Morgan fingerprint density at radius 3 is 2.41 bits per heavy atom. The van der Waals surface area contributed by atoms with E-state index in [9.17, 15) is 0 Å². The summed E-state index contributed by atoms with van der Waals surface area (Å²) in [4.78, 5) is 0. The fraction of sp³-hybridized carbons (Fsp3) is 1.00. The van der Waals surface area contributed by atoms with Gasteiger partial charge in [0.05, 0.1) is 12.2 Å². The smallest absolute Gasteiger partial charge is 0.192 e. The molecule has 0 saturated carbocycles. The summed E-state index contributed by atoms with van der Waals surface area (Å²) in [6.07, 6.45) is 2.59. The fourth-order valence-corrected chi connectivity index (χ4v) is 3.52. The van der Waals surface area contributed by atoms with Gasteiger partial charge in [-0.15, -0.1) is 0 Å². The Balaban J connectivity index is 2.67. The van der Waals surface area contributed by atoms with Crippen molar-refractivity contribution in [3.63, 3.8) is 0 Å². The molecule has 0 aromatic carbocycles. The van der Waals surface area contributed by atoms with E-state index in [1.54, 1.807) is 0 Å². The lowest BCUT2D eigenvalue weighted by Gasteiger charge is -2.39. The SMILES string of the molecule is CC[C@H]1O[C@@H]([B]P)CC1O[Si](C)(C)C(C)(C)C. The summed E-state index contributed by atoms with van der Waals surface area (Å²) in [5.41, 5.74) is 0. The summed E-state index contributed by atoms with van der Waals surface area (Å²) in [5.74, 6) is 0. The van der Waals surface area contributed by atoms with E-state index >= 15 is 0 Å². The van der Waals surface area contributed by atoms with Crippen LogP contribution in [0.25, 0.3) is 0 Å². The summed E-state index contributed by atoms with van der Waals surface area (Å²) in [5, 5.41) is 0.272. The first-order chi connectivity index (χ1) is 7.71. The molecule has 1 rings (SSSR count). The maximum absolute atomic E-state index is 6.48. The zero-order chi connectivity index (χ0) is 13.3. The number of rotatable bonds is 4. The lowest BCUT2D eigenvalue weighted by molar-refractivity contribution is 0.0347. The van der Waals surface area contributed by atoms with Crippen LogP contribution in [0.4, 0.5) is 0 Å². The lowest BCUT2D eigenvalue weighted by Crippen LogP contribution is -2.45. The molecule has 1 fully saturated rings. The molecule has 1 aliphatic heterocycles. The summed E-state index contributed by atoms with van der Waals surface area (Å²) >= 11 is 0. The number of hydrogen-bond acceptors (Lipinski definition) is 2. The van der Waals surface area contributed by atoms with E-state index in [0.29, 0.717) is 0 Å². The molecule has 1 aliphatic rings. The molecule has 1 heterocycles. The number of ether oxygens (including phenoxy) is 1. The molecule has 0 amide bonds. The van der Waals surface area contributed by atoms with Crippen molar-refractivity contribution in [2.45, 2.75) is 76.9 Å².